The van der Waals surface area contributed by atoms with Crippen LogP contribution >= 0.6 is 12.2 Å². The first-order valence-corrected chi connectivity index (χ1v) is 8.48. The molecule has 0 aromatic heterocycles. The summed E-state index contributed by atoms with van der Waals surface area (Å²) in [5, 5.41) is 0. The molecule has 114 valence electrons. The first-order chi connectivity index (χ1) is 9.49. The van der Waals surface area contributed by atoms with Crippen molar-refractivity contribution in [3.8, 4) is 0 Å². The molecule has 1 amide bonds. The van der Waals surface area contributed by atoms with E-state index < -0.39 is 0 Å². The predicted octanol–water partition coefficient (Wildman–Crippen LogP) is 3.12. The summed E-state index contributed by atoms with van der Waals surface area (Å²) in [6.07, 6.45) is 8.82. The van der Waals surface area contributed by atoms with E-state index in [4.69, 9.17) is 18.0 Å². The van der Waals surface area contributed by atoms with Gasteiger partial charge in [0.25, 0.3) is 0 Å². The van der Waals surface area contributed by atoms with Gasteiger partial charge in [-0.2, -0.15) is 0 Å². The highest BCUT2D eigenvalue weighted by molar-refractivity contribution is 7.80. The SMILES string of the molecule is CC(C)N(CC(N)=S)C(=O)C1CCC2CCCCC2C1. The Kier molecular flexibility index (Phi) is 5.42. The summed E-state index contributed by atoms with van der Waals surface area (Å²) in [7, 11) is 0. The molecule has 2 aliphatic carbocycles. The molecule has 3 atom stereocenters. The van der Waals surface area contributed by atoms with Crippen LogP contribution in [0.2, 0.25) is 0 Å². The van der Waals surface area contributed by atoms with Crippen LogP contribution in [0.1, 0.15) is 58.8 Å². The molecule has 0 aliphatic heterocycles. The average Bonchev–Trinajstić information content (AvgIpc) is 2.43. The molecule has 2 aliphatic rings. The van der Waals surface area contributed by atoms with E-state index in [1.165, 1.54) is 32.1 Å². The molecule has 2 fully saturated rings. The van der Waals surface area contributed by atoms with E-state index in [0.29, 0.717) is 11.5 Å². The smallest absolute Gasteiger partial charge is 0.226 e. The first-order valence-electron chi connectivity index (χ1n) is 8.07. The Morgan fingerprint density at radius 2 is 1.85 bits per heavy atom. The lowest BCUT2D eigenvalue weighted by Gasteiger charge is -2.40. The van der Waals surface area contributed by atoms with Gasteiger partial charge in [0.2, 0.25) is 5.91 Å². The molecule has 0 aromatic rings. The van der Waals surface area contributed by atoms with E-state index in [1.807, 2.05) is 18.7 Å². The van der Waals surface area contributed by atoms with Crippen molar-refractivity contribution in [1.82, 2.24) is 4.90 Å². The van der Waals surface area contributed by atoms with Gasteiger partial charge in [-0.1, -0.05) is 37.9 Å². The molecule has 0 aromatic carbocycles. The molecular formula is C16H28N2OS. The molecule has 4 heteroatoms. The van der Waals surface area contributed by atoms with Gasteiger partial charge in [-0.15, -0.1) is 0 Å². The van der Waals surface area contributed by atoms with Crippen LogP contribution in [-0.4, -0.2) is 28.4 Å². The number of hydrogen-bond donors (Lipinski definition) is 1. The van der Waals surface area contributed by atoms with Gasteiger partial charge in [0.05, 0.1) is 11.5 Å². The van der Waals surface area contributed by atoms with Crippen LogP contribution in [0.4, 0.5) is 0 Å². The minimum Gasteiger partial charge on any atom is -0.392 e. The van der Waals surface area contributed by atoms with E-state index in [2.05, 4.69) is 0 Å². The van der Waals surface area contributed by atoms with Crippen LogP contribution < -0.4 is 5.73 Å². The lowest BCUT2D eigenvalue weighted by molar-refractivity contribution is -0.138. The van der Waals surface area contributed by atoms with Crippen molar-refractivity contribution in [1.29, 1.82) is 0 Å². The van der Waals surface area contributed by atoms with Gasteiger partial charge < -0.3 is 10.6 Å². The molecule has 2 N–H and O–H groups in total. The van der Waals surface area contributed by atoms with Gasteiger partial charge in [0, 0.05) is 12.0 Å². The second-order valence-corrected chi connectivity index (χ2v) is 7.37. The molecule has 0 bridgehead atoms. The van der Waals surface area contributed by atoms with Crippen molar-refractivity contribution in [2.24, 2.45) is 23.5 Å². The Labute approximate surface area is 128 Å². The Balaban J connectivity index is 1.98. The van der Waals surface area contributed by atoms with Crippen molar-refractivity contribution in [3.63, 3.8) is 0 Å². The fourth-order valence-corrected chi connectivity index (χ4v) is 4.15. The van der Waals surface area contributed by atoms with E-state index in [1.54, 1.807) is 0 Å². The van der Waals surface area contributed by atoms with Crippen molar-refractivity contribution >= 4 is 23.1 Å². The van der Waals surface area contributed by atoms with Crippen LogP contribution in [0, 0.1) is 17.8 Å². The first kappa shape index (κ1) is 15.7. The van der Waals surface area contributed by atoms with E-state index in [-0.39, 0.29) is 17.9 Å². The summed E-state index contributed by atoms with van der Waals surface area (Å²) in [6, 6.07) is 0.174. The molecule has 0 heterocycles. The lowest BCUT2D eigenvalue weighted by Crippen LogP contribution is -2.46. The average molecular weight is 296 g/mol. The topological polar surface area (TPSA) is 46.3 Å². The van der Waals surface area contributed by atoms with Crippen LogP contribution in [0.15, 0.2) is 0 Å². The minimum atomic E-state index is 0.174. The molecule has 3 nitrogen and oxygen atoms in total. The second kappa shape index (κ2) is 6.88. The summed E-state index contributed by atoms with van der Waals surface area (Å²) in [5.74, 6) is 2.14. The summed E-state index contributed by atoms with van der Waals surface area (Å²) >= 11 is 4.99. The van der Waals surface area contributed by atoms with Crippen molar-refractivity contribution in [2.45, 2.75) is 64.8 Å². The standard InChI is InChI=1S/C16H28N2OS/c1-11(2)18(10-15(17)20)16(19)14-8-7-12-5-3-4-6-13(12)9-14/h11-14H,3-10H2,1-2H3,(H2,17,20). The Morgan fingerprint density at radius 1 is 1.20 bits per heavy atom. The van der Waals surface area contributed by atoms with Crippen LogP contribution in [0.3, 0.4) is 0 Å². The van der Waals surface area contributed by atoms with E-state index in [9.17, 15) is 4.79 Å². The number of rotatable bonds is 4. The largest absolute Gasteiger partial charge is 0.392 e. The zero-order chi connectivity index (χ0) is 14.7. The number of fused-ring (bicyclic) bond motifs is 1. The van der Waals surface area contributed by atoms with Crippen LogP contribution in [-0.2, 0) is 4.79 Å². The van der Waals surface area contributed by atoms with Gasteiger partial charge in [0.1, 0.15) is 0 Å². The van der Waals surface area contributed by atoms with Crippen molar-refractivity contribution in [2.75, 3.05) is 6.54 Å². The molecule has 2 rings (SSSR count). The lowest BCUT2D eigenvalue weighted by atomic mass is 9.67. The minimum absolute atomic E-state index is 0.174. The highest BCUT2D eigenvalue weighted by Gasteiger charge is 2.37. The number of carbonyl (C=O) groups excluding carboxylic acids is 1. The molecule has 3 unspecified atom stereocenters. The fourth-order valence-electron chi connectivity index (χ4n) is 4.02. The summed E-state index contributed by atoms with van der Waals surface area (Å²) in [6.45, 7) is 4.52. The molecule has 0 spiro atoms. The quantitative estimate of drug-likeness (QED) is 0.811. The van der Waals surface area contributed by atoms with Gasteiger partial charge >= 0.3 is 0 Å². The number of amides is 1. The van der Waals surface area contributed by atoms with E-state index in [0.717, 1.165) is 24.7 Å². The Hall–Kier alpha value is -0.640. The third-order valence-corrected chi connectivity index (χ3v) is 5.25. The maximum absolute atomic E-state index is 12.8. The number of nitrogens with zero attached hydrogens (tertiary/aromatic N) is 1. The van der Waals surface area contributed by atoms with Crippen LogP contribution in [0.25, 0.3) is 0 Å². The number of hydrogen-bond acceptors (Lipinski definition) is 2. The maximum Gasteiger partial charge on any atom is 0.226 e. The molecule has 0 saturated heterocycles. The normalized spacial score (nSPS) is 29.9. The zero-order valence-electron chi connectivity index (χ0n) is 12.8. The van der Waals surface area contributed by atoms with Gasteiger partial charge in [-0.25, -0.2) is 0 Å². The number of thiocarbonyl (C=S) groups is 1. The van der Waals surface area contributed by atoms with Gasteiger partial charge in [-0.05, 0) is 44.9 Å². The summed E-state index contributed by atoms with van der Waals surface area (Å²) in [5.41, 5.74) is 5.64. The molecule has 0 radical (unpaired) electrons. The van der Waals surface area contributed by atoms with Gasteiger partial charge in [0.15, 0.2) is 0 Å². The highest BCUT2D eigenvalue weighted by Crippen LogP contribution is 2.43. The Bertz CT molecular complexity index is 369. The Morgan fingerprint density at radius 3 is 2.45 bits per heavy atom. The van der Waals surface area contributed by atoms with Crippen molar-refractivity contribution in [3.05, 3.63) is 0 Å². The summed E-state index contributed by atoms with van der Waals surface area (Å²) < 4.78 is 0. The maximum atomic E-state index is 12.8. The van der Waals surface area contributed by atoms with Crippen LogP contribution in [0.5, 0.6) is 0 Å². The third kappa shape index (κ3) is 3.72. The van der Waals surface area contributed by atoms with E-state index >= 15 is 0 Å². The number of carbonyl (C=O) groups is 1. The zero-order valence-corrected chi connectivity index (χ0v) is 13.6. The number of nitrogens with two attached hydrogens (primary N) is 1. The predicted molar refractivity (Wildman–Crippen MR) is 86.4 cm³/mol. The second-order valence-electron chi connectivity index (χ2n) is 6.84. The van der Waals surface area contributed by atoms with Crippen molar-refractivity contribution < 1.29 is 4.79 Å². The molecular weight excluding hydrogens is 268 g/mol. The summed E-state index contributed by atoms with van der Waals surface area (Å²) in [4.78, 5) is 15.0. The third-order valence-electron chi connectivity index (χ3n) is 5.12. The molecule has 20 heavy (non-hydrogen) atoms. The van der Waals surface area contributed by atoms with Gasteiger partial charge in [-0.3, -0.25) is 4.79 Å². The highest BCUT2D eigenvalue weighted by atomic mass is 32.1. The monoisotopic (exact) mass is 296 g/mol. The molecule has 2 saturated carbocycles. The fraction of sp³-hybridized carbons (Fsp3) is 0.875.